The summed E-state index contributed by atoms with van der Waals surface area (Å²) in [6, 6.07) is 6.02. The molecule has 2 unspecified atom stereocenters. The predicted octanol–water partition coefficient (Wildman–Crippen LogP) is 2.07. The van der Waals surface area contributed by atoms with Crippen LogP contribution in [0.3, 0.4) is 0 Å². The largest absolute Gasteiger partial charge is 0.478 e. The summed E-state index contributed by atoms with van der Waals surface area (Å²) >= 11 is 0. The molecule has 1 aliphatic rings. The average Bonchev–Trinajstić information content (AvgIpc) is 2.98. The quantitative estimate of drug-likeness (QED) is 0.864. The Balaban J connectivity index is 2.06. The number of carbonyl (C=O) groups is 2. The van der Waals surface area contributed by atoms with Gasteiger partial charge in [0.1, 0.15) is 0 Å². The maximum atomic E-state index is 12.2. The number of nitrogens with one attached hydrogen (secondary N) is 1. The summed E-state index contributed by atoms with van der Waals surface area (Å²) in [6.07, 6.45) is 2.82. The van der Waals surface area contributed by atoms with Crippen molar-refractivity contribution in [3.63, 3.8) is 0 Å². The van der Waals surface area contributed by atoms with E-state index in [0.29, 0.717) is 5.56 Å². The van der Waals surface area contributed by atoms with Crippen LogP contribution in [-0.4, -0.2) is 35.7 Å². The van der Waals surface area contributed by atoms with Gasteiger partial charge in [-0.25, -0.2) is 4.79 Å². The fourth-order valence-electron chi connectivity index (χ4n) is 2.42. The molecule has 1 fully saturated rings. The Labute approximate surface area is 117 Å². The van der Waals surface area contributed by atoms with Gasteiger partial charge in [-0.2, -0.15) is 0 Å². The fourth-order valence-corrected chi connectivity index (χ4v) is 2.42. The summed E-state index contributed by atoms with van der Waals surface area (Å²) < 4.78 is 5.60. The number of benzene rings is 1. The molecule has 0 radical (unpaired) electrons. The lowest BCUT2D eigenvalue weighted by Gasteiger charge is -2.22. The highest BCUT2D eigenvalue weighted by Gasteiger charge is 2.26. The Kier molecular flexibility index (Phi) is 4.74. The molecule has 108 valence electrons. The first kappa shape index (κ1) is 14.5. The summed E-state index contributed by atoms with van der Waals surface area (Å²) in [5.41, 5.74) is 0.476. The molecule has 1 amide bonds. The molecule has 1 aromatic rings. The Morgan fingerprint density at radius 1 is 1.45 bits per heavy atom. The molecule has 1 saturated heterocycles. The second-order valence-electron chi connectivity index (χ2n) is 4.93. The van der Waals surface area contributed by atoms with Crippen molar-refractivity contribution in [1.82, 2.24) is 5.32 Å². The van der Waals surface area contributed by atoms with Gasteiger partial charge >= 0.3 is 5.97 Å². The monoisotopic (exact) mass is 277 g/mol. The molecule has 0 saturated carbocycles. The highest BCUT2D eigenvalue weighted by atomic mass is 16.5. The smallest absolute Gasteiger partial charge is 0.335 e. The van der Waals surface area contributed by atoms with Crippen LogP contribution in [0.1, 0.15) is 46.9 Å². The molecule has 2 N–H and O–H groups in total. The van der Waals surface area contributed by atoms with Gasteiger partial charge in [-0.1, -0.05) is 13.0 Å². The maximum absolute atomic E-state index is 12.2. The zero-order valence-electron chi connectivity index (χ0n) is 11.5. The molecule has 1 aromatic carbocycles. The molecule has 0 spiro atoms. The SMILES string of the molecule is CCC(NC(=O)c1cccc(C(=O)O)c1)C1CCCO1. The molecule has 2 rings (SSSR count). The average molecular weight is 277 g/mol. The zero-order valence-corrected chi connectivity index (χ0v) is 11.5. The van der Waals surface area contributed by atoms with Crippen molar-refractivity contribution in [2.24, 2.45) is 0 Å². The minimum atomic E-state index is -1.04. The van der Waals surface area contributed by atoms with Crippen LogP contribution in [0.15, 0.2) is 24.3 Å². The Morgan fingerprint density at radius 2 is 2.20 bits per heavy atom. The van der Waals surface area contributed by atoms with E-state index < -0.39 is 5.97 Å². The molecule has 0 bridgehead atoms. The number of hydrogen-bond donors (Lipinski definition) is 2. The standard InChI is InChI=1S/C15H19NO4/c1-2-12(13-7-4-8-20-13)16-14(17)10-5-3-6-11(9-10)15(18)19/h3,5-6,9,12-13H,2,4,7-8H2,1H3,(H,16,17)(H,18,19). The number of aromatic carboxylic acids is 1. The lowest BCUT2D eigenvalue weighted by atomic mass is 10.0. The summed E-state index contributed by atoms with van der Waals surface area (Å²) in [5.74, 6) is -1.29. The minimum Gasteiger partial charge on any atom is -0.478 e. The van der Waals surface area contributed by atoms with E-state index in [1.807, 2.05) is 6.92 Å². The number of ether oxygens (including phenoxy) is 1. The molecular formula is C15H19NO4. The van der Waals surface area contributed by atoms with Crippen molar-refractivity contribution in [2.75, 3.05) is 6.61 Å². The van der Waals surface area contributed by atoms with Gasteiger partial charge in [0, 0.05) is 12.2 Å². The van der Waals surface area contributed by atoms with Gasteiger partial charge < -0.3 is 15.2 Å². The van der Waals surface area contributed by atoms with Crippen LogP contribution in [0.5, 0.6) is 0 Å². The lowest BCUT2D eigenvalue weighted by molar-refractivity contribution is 0.0665. The number of carboxylic acid groups (broad SMARTS) is 1. The molecule has 0 aromatic heterocycles. The van der Waals surface area contributed by atoms with Crippen molar-refractivity contribution >= 4 is 11.9 Å². The van der Waals surface area contributed by atoms with Gasteiger partial charge in [0.25, 0.3) is 5.91 Å². The van der Waals surface area contributed by atoms with E-state index in [4.69, 9.17) is 9.84 Å². The first-order valence-electron chi connectivity index (χ1n) is 6.87. The van der Waals surface area contributed by atoms with Crippen molar-refractivity contribution in [3.05, 3.63) is 35.4 Å². The summed E-state index contributed by atoms with van der Waals surface area (Å²) in [4.78, 5) is 23.1. The molecule has 1 aliphatic heterocycles. The molecule has 0 aliphatic carbocycles. The van der Waals surface area contributed by atoms with Gasteiger partial charge in [0.2, 0.25) is 0 Å². The van der Waals surface area contributed by atoms with Crippen molar-refractivity contribution in [3.8, 4) is 0 Å². The predicted molar refractivity (Wildman–Crippen MR) is 73.9 cm³/mol. The van der Waals surface area contributed by atoms with E-state index in [1.165, 1.54) is 12.1 Å². The molecule has 5 nitrogen and oxygen atoms in total. The van der Waals surface area contributed by atoms with Crippen molar-refractivity contribution in [2.45, 2.75) is 38.3 Å². The van der Waals surface area contributed by atoms with Crippen LogP contribution in [-0.2, 0) is 4.74 Å². The van der Waals surface area contributed by atoms with Crippen LogP contribution >= 0.6 is 0 Å². The summed E-state index contributed by atoms with van der Waals surface area (Å²) in [7, 11) is 0. The van der Waals surface area contributed by atoms with E-state index in [-0.39, 0.29) is 23.6 Å². The number of hydrogen-bond acceptors (Lipinski definition) is 3. The van der Waals surface area contributed by atoms with Crippen LogP contribution in [0.2, 0.25) is 0 Å². The van der Waals surface area contributed by atoms with Gasteiger partial charge in [-0.3, -0.25) is 4.79 Å². The third-order valence-electron chi connectivity index (χ3n) is 3.54. The van der Waals surface area contributed by atoms with E-state index in [2.05, 4.69) is 5.32 Å². The number of carbonyl (C=O) groups excluding carboxylic acids is 1. The first-order valence-corrected chi connectivity index (χ1v) is 6.87. The van der Waals surface area contributed by atoms with Crippen LogP contribution in [0, 0.1) is 0 Å². The topological polar surface area (TPSA) is 75.6 Å². The summed E-state index contributed by atoms with van der Waals surface area (Å²) in [6.45, 7) is 2.74. The molecule has 1 heterocycles. The van der Waals surface area contributed by atoms with Gasteiger partial charge in [-0.15, -0.1) is 0 Å². The van der Waals surface area contributed by atoms with Crippen molar-refractivity contribution in [1.29, 1.82) is 0 Å². The number of carboxylic acids is 1. The molecule has 20 heavy (non-hydrogen) atoms. The lowest BCUT2D eigenvalue weighted by Crippen LogP contribution is -2.42. The normalized spacial score (nSPS) is 19.6. The summed E-state index contributed by atoms with van der Waals surface area (Å²) in [5, 5.41) is 11.9. The minimum absolute atomic E-state index is 0.0292. The van der Waals surface area contributed by atoms with Crippen LogP contribution in [0.4, 0.5) is 0 Å². The van der Waals surface area contributed by atoms with Gasteiger partial charge in [-0.05, 0) is 37.5 Å². The Bertz CT molecular complexity index is 494. The molecule has 5 heteroatoms. The van der Waals surface area contributed by atoms with Gasteiger partial charge in [0.05, 0.1) is 17.7 Å². The second kappa shape index (κ2) is 6.52. The number of rotatable bonds is 5. The first-order chi connectivity index (χ1) is 9.61. The van der Waals surface area contributed by atoms with Crippen LogP contribution < -0.4 is 5.32 Å². The third-order valence-corrected chi connectivity index (χ3v) is 3.54. The van der Waals surface area contributed by atoms with E-state index in [0.717, 1.165) is 25.9 Å². The van der Waals surface area contributed by atoms with E-state index in [9.17, 15) is 9.59 Å². The van der Waals surface area contributed by atoms with Crippen LogP contribution in [0.25, 0.3) is 0 Å². The molecular weight excluding hydrogens is 258 g/mol. The maximum Gasteiger partial charge on any atom is 0.335 e. The van der Waals surface area contributed by atoms with E-state index >= 15 is 0 Å². The fraction of sp³-hybridized carbons (Fsp3) is 0.467. The highest BCUT2D eigenvalue weighted by Crippen LogP contribution is 2.18. The Morgan fingerprint density at radius 3 is 2.80 bits per heavy atom. The zero-order chi connectivity index (χ0) is 14.5. The van der Waals surface area contributed by atoms with Gasteiger partial charge in [0.15, 0.2) is 0 Å². The highest BCUT2D eigenvalue weighted by molar-refractivity contribution is 5.97. The number of amides is 1. The second-order valence-corrected chi connectivity index (χ2v) is 4.93. The Hall–Kier alpha value is -1.88. The third kappa shape index (κ3) is 3.36. The van der Waals surface area contributed by atoms with E-state index in [1.54, 1.807) is 12.1 Å². The van der Waals surface area contributed by atoms with Crippen molar-refractivity contribution < 1.29 is 19.4 Å². The molecule has 2 atom stereocenters.